The highest BCUT2D eigenvalue weighted by Gasteiger charge is 2.21. The molecule has 1 aliphatic heterocycles. The van der Waals surface area contributed by atoms with Gasteiger partial charge in [0.15, 0.2) is 0 Å². The maximum absolute atomic E-state index is 11.4. The van der Waals surface area contributed by atoms with Crippen molar-refractivity contribution in [2.75, 3.05) is 19.5 Å². The van der Waals surface area contributed by atoms with E-state index in [4.69, 9.17) is 4.74 Å². The topological polar surface area (TPSA) is 66.2 Å². The van der Waals surface area contributed by atoms with E-state index in [9.17, 15) is 4.79 Å². The number of hydrogen-bond donors (Lipinski definition) is 0. The molecule has 2 aromatic rings. The van der Waals surface area contributed by atoms with Crippen LogP contribution in [0.1, 0.15) is 27.1 Å². The summed E-state index contributed by atoms with van der Waals surface area (Å²) in [4.78, 5) is 11.4. The molecule has 21 heavy (non-hydrogen) atoms. The number of thioether (sulfide) groups is 1. The fraction of sp³-hybridized carbons (Fsp3) is 0.357. The van der Waals surface area contributed by atoms with E-state index in [-0.39, 0.29) is 11.4 Å². The molecule has 1 unspecified atom stereocenters. The summed E-state index contributed by atoms with van der Waals surface area (Å²) in [5, 5.41) is 8.26. The van der Waals surface area contributed by atoms with E-state index in [0.717, 1.165) is 23.6 Å². The van der Waals surface area contributed by atoms with Gasteiger partial charge < -0.3 is 9.47 Å². The van der Waals surface area contributed by atoms with E-state index < -0.39 is 0 Å². The molecule has 110 valence electrons. The molecule has 3 rings (SSSR count). The molecule has 2 heterocycles. The number of rotatable bonds is 4. The minimum Gasteiger partial charge on any atom is -0.465 e. The van der Waals surface area contributed by atoms with E-state index in [0.29, 0.717) is 12.1 Å². The molecule has 6 nitrogen and oxygen atoms in total. The third kappa shape index (κ3) is 3.25. The van der Waals surface area contributed by atoms with E-state index in [1.165, 1.54) is 7.11 Å². The monoisotopic (exact) mass is 305 g/mol. The Labute approximate surface area is 126 Å². The molecule has 1 fully saturated rings. The molecular weight excluding hydrogens is 290 g/mol. The Morgan fingerprint density at radius 2 is 2.29 bits per heavy atom. The summed E-state index contributed by atoms with van der Waals surface area (Å²) in [6, 6.07) is 7.26. The third-order valence-electron chi connectivity index (χ3n) is 3.14. The number of hydrogen-bond acceptors (Lipinski definition) is 6. The zero-order chi connectivity index (χ0) is 14.7. The Bertz CT molecular complexity index is 621. The summed E-state index contributed by atoms with van der Waals surface area (Å²) < 4.78 is 12.0. The van der Waals surface area contributed by atoms with Gasteiger partial charge >= 0.3 is 5.97 Å². The fourth-order valence-corrected chi connectivity index (χ4v) is 2.96. The highest BCUT2D eigenvalue weighted by atomic mass is 32.2. The standard InChI is InChI=1S/C14H15N3O3S/c1-19-13(18)11-4-2-10(3-5-11)8-17-9-12(15-16-17)14-20-6-7-21-14/h2-5,9,14H,6-8H2,1H3. The number of carbonyl (C=O) groups excluding carboxylic acids is 1. The minimum absolute atomic E-state index is 0.000417. The van der Waals surface area contributed by atoms with Crippen molar-refractivity contribution in [2.24, 2.45) is 0 Å². The van der Waals surface area contributed by atoms with Gasteiger partial charge in [-0.2, -0.15) is 0 Å². The summed E-state index contributed by atoms with van der Waals surface area (Å²) >= 11 is 1.73. The molecule has 0 radical (unpaired) electrons. The summed E-state index contributed by atoms with van der Waals surface area (Å²) in [5.74, 6) is 0.659. The zero-order valence-corrected chi connectivity index (χ0v) is 12.4. The van der Waals surface area contributed by atoms with Crippen LogP contribution >= 0.6 is 11.8 Å². The van der Waals surface area contributed by atoms with Gasteiger partial charge in [0.05, 0.1) is 32.0 Å². The molecular formula is C14H15N3O3S. The van der Waals surface area contributed by atoms with Crippen LogP contribution in [0.2, 0.25) is 0 Å². The SMILES string of the molecule is COC(=O)c1ccc(Cn2cc(C3OCCS3)nn2)cc1. The lowest BCUT2D eigenvalue weighted by atomic mass is 10.1. The molecule has 1 aliphatic rings. The number of nitrogens with zero attached hydrogens (tertiary/aromatic N) is 3. The van der Waals surface area contributed by atoms with Gasteiger partial charge in [-0.05, 0) is 17.7 Å². The lowest BCUT2D eigenvalue weighted by Gasteiger charge is -2.04. The van der Waals surface area contributed by atoms with E-state index in [1.54, 1.807) is 28.6 Å². The molecule has 0 bridgehead atoms. The first-order chi connectivity index (χ1) is 10.3. The second-order valence-corrected chi connectivity index (χ2v) is 5.77. The first-order valence-electron chi connectivity index (χ1n) is 6.57. The van der Waals surface area contributed by atoms with Crippen LogP contribution in [0.3, 0.4) is 0 Å². The van der Waals surface area contributed by atoms with Gasteiger partial charge in [-0.25, -0.2) is 9.48 Å². The number of ether oxygens (including phenoxy) is 2. The maximum atomic E-state index is 11.4. The predicted molar refractivity (Wildman–Crippen MR) is 78.1 cm³/mol. The molecule has 0 N–H and O–H groups in total. The molecule has 1 aromatic heterocycles. The third-order valence-corrected chi connectivity index (χ3v) is 4.22. The number of benzene rings is 1. The van der Waals surface area contributed by atoms with Crippen molar-refractivity contribution in [3.63, 3.8) is 0 Å². The first kappa shape index (κ1) is 14.1. The van der Waals surface area contributed by atoms with Gasteiger partial charge in [0.1, 0.15) is 11.1 Å². The Morgan fingerprint density at radius 1 is 1.48 bits per heavy atom. The smallest absolute Gasteiger partial charge is 0.337 e. The van der Waals surface area contributed by atoms with Crippen LogP contribution in [0.15, 0.2) is 30.5 Å². The van der Waals surface area contributed by atoms with Crippen molar-refractivity contribution in [3.8, 4) is 0 Å². The van der Waals surface area contributed by atoms with Crippen molar-refractivity contribution < 1.29 is 14.3 Å². The molecule has 1 atom stereocenters. The highest BCUT2D eigenvalue weighted by Crippen LogP contribution is 2.33. The van der Waals surface area contributed by atoms with Crippen LogP contribution in [-0.4, -0.2) is 40.4 Å². The number of carbonyl (C=O) groups is 1. The largest absolute Gasteiger partial charge is 0.465 e. The van der Waals surface area contributed by atoms with Crippen LogP contribution in [0.4, 0.5) is 0 Å². The molecule has 1 aromatic carbocycles. The number of aromatic nitrogens is 3. The zero-order valence-electron chi connectivity index (χ0n) is 11.6. The summed E-state index contributed by atoms with van der Waals surface area (Å²) in [6.07, 6.45) is 1.90. The van der Waals surface area contributed by atoms with Crippen molar-refractivity contribution in [3.05, 3.63) is 47.3 Å². The van der Waals surface area contributed by atoms with Crippen molar-refractivity contribution in [2.45, 2.75) is 12.0 Å². The second kappa shape index (κ2) is 6.28. The van der Waals surface area contributed by atoms with Crippen molar-refractivity contribution in [1.82, 2.24) is 15.0 Å². The first-order valence-corrected chi connectivity index (χ1v) is 7.61. The molecule has 0 spiro atoms. The highest BCUT2D eigenvalue weighted by molar-refractivity contribution is 7.99. The van der Waals surface area contributed by atoms with Crippen LogP contribution in [-0.2, 0) is 16.0 Å². The van der Waals surface area contributed by atoms with Crippen LogP contribution < -0.4 is 0 Å². The van der Waals surface area contributed by atoms with Crippen molar-refractivity contribution >= 4 is 17.7 Å². The van der Waals surface area contributed by atoms with E-state index in [1.807, 2.05) is 18.3 Å². The van der Waals surface area contributed by atoms with Crippen LogP contribution in [0.25, 0.3) is 0 Å². The average molecular weight is 305 g/mol. The summed E-state index contributed by atoms with van der Waals surface area (Å²) in [6.45, 7) is 1.36. The lowest BCUT2D eigenvalue weighted by molar-refractivity contribution is 0.0600. The maximum Gasteiger partial charge on any atom is 0.337 e. The summed E-state index contributed by atoms with van der Waals surface area (Å²) in [7, 11) is 1.37. The van der Waals surface area contributed by atoms with E-state index in [2.05, 4.69) is 15.0 Å². The Kier molecular flexibility index (Phi) is 4.21. The van der Waals surface area contributed by atoms with Gasteiger partial charge in [-0.3, -0.25) is 0 Å². The molecule has 0 amide bonds. The summed E-state index contributed by atoms with van der Waals surface area (Å²) in [5.41, 5.74) is 2.43. The van der Waals surface area contributed by atoms with Gasteiger partial charge in [-0.1, -0.05) is 17.3 Å². The van der Waals surface area contributed by atoms with Gasteiger partial charge in [-0.15, -0.1) is 16.9 Å². The minimum atomic E-state index is -0.333. The quantitative estimate of drug-likeness (QED) is 0.804. The van der Waals surface area contributed by atoms with Gasteiger partial charge in [0.25, 0.3) is 0 Å². The van der Waals surface area contributed by atoms with Crippen molar-refractivity contribution in [1.29, 1.82) is 0 Å². The van der Waals surface area contributed by atoms with Crippen LogP contribution in [0.5, 0.6) is 0 Å². The molecule has 0 aliphatic carbocycles. The molecule has 0 saturated carbocycles. The number of methoxy groups -OCH3 is 1. The normalized spacial score (nSPS) is 17.9. The molecule has 7 heteroatoms. The average Bonchev–Trinajstić information content (AvgIpc) is 3.18. The van der Waals surface area contributed by atoms with Gasteiger partial charge in [0.2, 0.25) is 0 Å². The van der Waals surface area contributed by atoms with Gasteiger partial charge in [0, 0.05) is 5.75 Å². The lowest BCUT2D eigenvalue weighted by Crippen LogP contribution is -2.03. The number of esters is 1. The Morgan fingerprint density at radius 3 is 2.95 bits per heavy atom. The fourth-order valence-electron chi connectivity index (χ4n) is 2.08. The molecule has 1 saturated heterocycles. The predicted octanol–water partition coefficient (Wildman–Crippen LogP) is 1.87. The van der Waals surface area contributed by atoms with E-state index >= 15 is 0 Å². The second-order valence-electron chi connectivity index (χ2n) is 4.60. The Hall–Kier alpha value is -1.86. The van der Waals surface area contributed by atoms with Crippen LogP contribution in [0, 0.1) is 0 Å². The Balaban J connectivity index is 1.67.